The molecule has 0 spiro atoms. The minimum atomic E-state index is -2.90. The fourth-order valence-electron chi connectivity index (χ4n) is 5.95. The maximum absolute atomic E-state index is 12.5. The molecular weight excluding hydrogens is 543 g/mol. The van der Waals surface area contributed by atoms with Crippen LogP contribution in [0.15, 0.2) is 71.8 Å². The first kappa shape index (κ1) is 28.8. The van der Waals surface area contributed by atoms with Crippen LogP contribution in [0, 0.1) is 6.92 Å². The molecule has 4 atom stereocenters. The summed E-state index contributed by atoms with van der Waals surface area (Å²) in [5, 5.41) is 13.6. The lowest BCUT2D eigenvalue weighted by Crippen LogP contribution is -2.68. The van der Waals surface area contributed by atoms with E-state index in [1.165, 1.54) is 6.33 Å². The number of rotatable bonds is 8. The molecule has 1 aliphatic heterocycles. The van der Waals surface area contributed by atoms with Crippen molar-refractivity contribution in [3.05, 3.63) is 83.2 Å². The summed E-state index contributed by atoms with van der Waals surface area (Å²) in [6, 6.07) is 20.7. The van der Waals surface area contributed by atoms with Crippen LogP contribution in [0.25, 0.3) is 11.2 Å². The Balaban J connectivity index is 1.58. The molecule has 0 amide bonds. The van der Waals surface area contributed by atoms with Crippen molar-refractivity contribution in [1.29, 1.82) is 0 Å². The number of aliphatic hydroxyl groups excluding tert-OH is 1. The number of benzene rings is 2. The molecule has 2 aromatic heterocycles. The zero-order chi connectivity index (χ0) is 28.7. The van der Waals surface area contributed by atoms with E-state index in [0.29, 0.717) is 17.9 Å². The van der Waals surface area contributed by atoms with Crippen LogP contribution in [0.3, 0.4) is 0 Å². The quantitative estimate of drug-likeness (QED) is 0.243. The number of nitrogens with one attached hydrogen (secondary N) is 1. The van der Waals surface area contributed by atoms with Gasteiger partial charge in [0, 0.05) is 0 Å². The van der Waals surface area contributed by atoms with Crippen molar-refractivity contribution in [3.8, 4) is 0 Å². The Morgan fingerprint density at radius 1 is 1.12 bits per heavy atom. The van der Waals surface area contributed by atoms with Crippen LogP contribution in [0.2, 0.25) is 5.04 Å². The molecule has 40 heavy (non-hydrogen) atoms. The van der Waals surface area contributed by atoms with Gasteiger partial charge in [0.05, 0.1) is 19.0 Å². The summed E-state index contributed by atoms with van der Waals surface area (Å²) in [5.74, 6) is 0.441. The van der Waals surface area contributed by atoms with Crippen molar-refractivity contribution in [2.45, 2.75) is 70.1 Å². The molecule has 1 saturated heterocycles. The lowest BCUT2D eigenvalue weighted by molar-refractivity contribution is -0.120. The predicted molar refractivity (Wildman–Crippen MR) is 159 cm³/mol. The summed E-state index contributed by atoms with van der Waals surface area (Å²) in [4.78, 5) is 23.9. The second kappa shape index (κ2) is 10.9. The Morgan fingerprint density at radius 3 is 2.25 bits per heavy atom. The van der Waals surface area contributed by atoms with E-state index in [0.717, 1.165) is 10.4 Å². The van der Waals surface area contributed by atoms with Crippen molar-refractivity contribution >= 4 is 39.3 Å². The normalized spacial score (nSPS) is 23.6. The van der Waals surface area contributed by atoms with Gasteiger partial charge in [-0.2, -0.15) is 0 Å². The van der Waals surface area contributed by atoms with Gasteiger partial charge in [-0.3, -0.25) is 9.36 Å². The zero-order valence-electron chi connectivity index (χ0n) is 23.4. The van der Waals surface area contributed by atoms with E-state index in [1.54, 1.807) is 11.5 Å². The fourth-order valence-corrected chi connectivity index (χ4v) is 10.9. The molecule has 1 fully saturated rings. The maximum Gasteiger partial charge on any atom is 0.279 e. The highest BCUT2D eigenvalue weighted by molar-refractivity contribution is 7.09. The van der Waals surface area contributed by atoms with Crippen LogP contribution in [-0.2, 0) is 13.7 Å². The SMILES string of the molecule is CC[C@@]1(CO[Si](c2ccccc2)(c2ccccc2)C(C)(C)C)O[C@@H](n2cnc3c(=O)[nH]c(C)nc32)[C@H](O)[C@@H]1O[PH-]. The van der Waals surface area contributed by atoms with E-state index >= 15 is 0 Å². The second-order valence-electron chi connectivity index (χ2n) is 11.4. The Hall–Kier alpha value is -2.72. The summed E-state index contributed by atoms with van der Waals surface area (Å²) < 4.78 is 21.2. The number of H-pyrrole nitrogens is 1. The highest BCUT2D eigenvalue weighted by Crippen LogP contribution is 2.45. The molecule has 0 bridgehead atoms. The number of hydrogen-bond donors (Lipinski definition) is 2. The largest absolute Gasteiger partial charge is 0.554 e. The fraction of sp³-hybridized carbons (Fsp3) is 0.414. The lowest BCUT2D eigenvalue weighted by atomic mass is 9.93. The molecule has 3 heterocycles. The van der Waals surface area contributed by atoms with Crippen LogP contribution in [-0.4, -0.2) is 57.4 Å². The van der Waals surface area contributed by atoms with Crippen molar-refractivity contribution < 1.29 is 18.8 Å². The van der Waals surface area contributed by atoms with Gasteiger partial charge in [0.1, 0.15) is 17.5 Å². The van der Waals surface area contributed by atoms with Crippen molar-refractivity contribution in [1.82, 2.24) is 19.5 Å². The minimum absolute atomic E-state index is 0.166. The molecule has 11 heteroatoms. The minimum Gasteiger partial charge on any atom is -0.554 e. The molecule has 0 radical (unpaired) electrons. The number of hydrogen-bond acceptors (Lipinski definition) is 7. The van der Waals surface area contributed by atoms with Crippen molar-refractivity contribution in [3.63, 3.8) is 0 Å². The van der Waals surface area contributed by atoms with E-state index < -0.39 is 32.4 Å². The number of ether oxygens (including phenoxy) is 1. The molecule has 212 valence electrons. The standard InChI is InChI=1S/C29H36N4O5PSi/c1-6-29(17-36-40(28(3,4)5,20-13-9-7-10-14-20)21-15-11-8-12-16-21)24(38-39)23(34)27(37-29)33-18-30-22-25(33)31-19(2)32-26(22)35/h7-16,18,23-24,27,34,39H,6,17H2,1-5H3,(H,31,32,35)/q-1/t23-,24+,27-,29+/m1/s1. The van der Waals surface area contributed by atoms with Gasteiger partial charge in [-0.15, -0.1) is 0 Å². The van der Waals surface area contributed by atoms with Crippen LogP contribution < -0.4 is 15.9 Å². The van der Waals surface area contributed by atoms with Crippen molar-refractivity contribution in [2.75, 3.05) is 6.61 Å². The first-order valence-electron chi connectivity index (χ1n) is 13.4. The summed E-state index contributed by atoms with van der Waals surface area (Å²) >= 11 is 0. The molecule has 2 N–H and O–H groups in total. The van der Waals surface area contributed by atoms with Gasteiger partial charge in [0.25, 0.3) is 13.9 Å². The first-order chi connectivity index (χ1) is 19.1. The average molecular weight is 580 g/mol. The summed E-state index contributed by atoms with van der Waals surface area (Å²) in [6.07, 6.45) is -0.813. The molecule has 0 unspecified atom stereocenters. The van der Waals surface area contributed by atoms with E-state index in [1.807, 2.05) is 43.3 Å². The van der Waals surface area contributed by atoms with Crippen LogP contribution in [0.4, 0.5) is 0 Å². The number of aromatic nitrogens is 4. The predicted octanol–water partition coefficient (Wildman–Crippen LogP) is 3.49. The highest BCUT2D eigenvalue weighted by Gasteiger charge is 2.57. The van der Waals surface area contributed by atoms with Gasteiger partial charge in [-0.25, -0.2) is 9.97 Å². The molecule has 4 aromatic rings. The summed E-state index contributed by atoms with van der Waals surface area (Å²) in [5.41, 5.74) is -0.864. The number of aryl methyl sites for hydroxylation is 1. The Bertz CT molecular complexity index is 1480. The number of aliphatic hydroxyl groups is 1. The Kier molecular flexibility index (Phi) is 7.87. The molecule has 0 saturated carbocycles. The van der Waals surface area contributed by atoms with Gasteiger partial charge < -0.3 is 33.2 Å². The number of nitrogens with zero attached hydrogens (tertiary/aromatic N) is 3. The Morgan fingerprint density at radius 2 is 1.73 bits per heavy atom. The summed E-state index contributed by atoms with van der Waals surface area (Å²) in [7, 11) is 0.325. The van der Waals surface area contributed by atoms with Gasteiger partial charge >= 0.3 is 0 Å². The third-order valence-electron chi connectivity index (χ3n) is 7.98. The van der Waals surface area contributed by atoms with E-state index in [2.05, 4.69) is 69.5 Å². The monoisotopic (exact) mass is 579 g/mol. The maximum atomic E-state index is 12.5. The number of imidazole rings is 1. The lowest BCUT2D eigenvalue weighted by Gasteiger charge is -2.46. The first-order valence-corrected chi connectivity index (χ1v) is 15.8. The van der Waals surface area contributed by atoms with E-state index in [-0.39, 0.29) is 22.7 Å². The van der Waals surface area contributed by atoms with Crippen molar-refractivity contribution in [2.24, 2.45) is 0 Å². The van der Waals surface area contributed by atoms with Crippen LogP contribution in [0.1, 0.15) is 46.2 Å². The highest BCUT2D eigenvalue weighted by atomic mass is 31.0. The molecule has 2 aromatic carbocycles. The number of fused-ring (bicyclic) bond motifs is 1. The van der Waals surface area contributed by atoms with Crippen LogP contribution >= 0.6 is 9.47 Å². The third-order valence-corrected chi connectivity index (χ3v) is 13.2. The van der Waals surface area contributed by atoms with Gasteiger partial charge in [0.15, 0.2) is 17.4 Å². The zero-order valence-corrected chi connectivity index (χ0v) is 25.4. The molecule has 9 nitrogen and oxygen atoms in total. The molecular formula is C29H36N4O5PSi-. The topological polar surface area (TPSA) is 111 Å². The van der Waals surface area contributed by atoms with E-state index in [4.69, 9.17) is 13.7 Å². The average Bonchev–Trinajstić information content (AvgIpc) is 3.48. The van der Waals surface area contributed by atoms with Gasteiger partial charge in [-0.1, -0.05) is 88.4 Å². The van der Waals surface area contributed by atoms with E-state index in [9.17, 15) is 9.90 Å². The van der Waals surface area contributed by atoms with Gasteiger partial charge in [0.2, 0.25) is 0 Å². The number of aromatic amines is 1. The molecule has 5 rings (SSSR count). The Labute approximate surface area is 237 Å². The summed E-state index contributed by atoms with van der Waals surface area (Å²) in [6.45, 7) is 10.5. The smallest absolute Gasteiger partial charge is 0.279 e. The third kappa shape index (κ3) is 4.66. The molecule has 1 aliphatic rings. The second-order valence-corrected chi connectivity index (χ2v) is 15.9. The van der Waals surface area contributed by atoms with Gasteiger partial charge in [-0.05, 0) is 28.8 Å². The van der Waals surface area contributed by atoms with Crippen LogP contribution in [0.5, 0.6) is 0 Å². The molecule has 0 aliphatic carbocycles.